The molecule has 0 spiro atoms. The third kappa shape index (κ3) is 3.48. The number of nitrogens with one attached hydrogen (secondary N) is 2. The van der Waals surface area contributed by atoms with Crippen molar-refractivity contribution in [2.75, 3.05) is 11.1 Å². The van der Waals surface area contributed by atoms with Crippen molar-refractivity contribution in [3.8, 4) is 0 Å². The standard InChI is InChI=1S/C15H15N5O2S/c1-8-3-4-11(9(2)5-8)17-12(21)7-23-15-18-13-10(6-16-20-13)14(22)19-15/h3-6,13H,7H2,1-2H3,(H,17,21)(H,18,19,22). The van der Waals surface area contributed by atoms with Crippen molar-refractivity contribution in [1.29, 1.82) is 0 Å². The zero-order chi connectivity index (χ0) is 16.4. The normalized spacial score (nSPS) is 18.9. The first-order chi connectivity index (χ1) is 11.0. The second-order valence-corrected chi connectivity index (χ2v) is 6.20. The van der Waals surface area contributed by atoms with E-state index in [1.165, 1.54) is 6.20 Å². The summed E-state index contributed by atoms with van der Waals surface area (Å²) in [5.41, 5.74) is 3.36. The number of carbonyl (C=O) groups is 2. The van der Waals surface area contributed by atoms with Crippen molar-refractivity contribution in [2.45, 2.75) is 20.0 Å². The maximum Gasteiger partial charge on any atom is 0.258 e. The Bertz CT molecular complexity index is 769. The van der Waals surface area contributed by atoms with Crippen LogP contribution in [0.1, 0.15) is 11.1 Å². The number of hydrogen-bond donors (Lipinski definition) is 2. The van der Waals surface area contributed by atoms with Gasteiger partial charge in [0.1, 0.15) is 0 Å². The summed E-state index contributed by atoms with van der Waals surface area (Å²) in [7, 11) is 0. The Morgan fingerprint density at radius 1 is 1.39 bits per heavy atom. The van der Waals surface area contributed by atoms with Crippen molar-refractivity contribution in [3.05, 3.63) is 41.1 Å². The number of azo groups is 1. The molecular weight excluding hydrogens is 314 g/mol. The van der Waals surface area contributed by atoms with Crippen molar-refractivity contribution >= 4 is 34.4 Å². The maximum absolute atomic E-state index is 12.0. The quantitative estimate of drug-likeness (QED) is 0.889. The third-order valence-electron chi connectivity index (χ3n) is 3.37. The summed E-state index contributed by atoms with van der Waals surface area (Å²) >= 11 is 1.16. The van der Waals surface area contributed by atoms with Crippen LogP contribution in [0.4, 0.5) is 5.69 Å². The van der Waals surface area contributed by atoms with E-state index in [1.807, 2.05) is 32.0 Å². The largest absolute Gasteiger partial charge is 0.325 e. The van der Waals surface area contributed by atoms with Crippen LogP contribution >= 0.6 is 11.8 Å². The van der Waals surface area contributed by atoms with E-state index >= 15 is 0 Å². The fourth-order valence-corrected chi connectivity index (χ4v) is 2.90. The van der Waals surface area contributed by atoms with Gasteiger partial charge in [0.2, 0.25) is 5.91 Å². The number of fused-ring (bicyclic) bond motifs is 1. The first kappa shape index (κ1) is 15.4. The van der Waals surface area contributed by atoms with Crippen molar-refractivity contribution in [1.82, 2.24) is 5.32 Å². The summed E-state index contributed by atoms with van der Waals surface area (Å²) < 4.78 is 0. The average molecular weight is 329 g/mol. The minimum absolute atomic E-state index is 0.148. The Hall–Kier alpha value is -2.48. The molecule has 0 aliphatic carbocycles. The zero-order valence-corrected chi connectivity index (χ0v) is 13.5. The van der Waals surface area contributed by atoms with Gasteiger partial charge in [-0.05, 0) is 25.5 Å². The Morgan fingerprint density at radius 3 is 3.00 bits per heavy atom. The van der Waals surface area contributed by atoms with Gasteiger partial charge in [0.15, 0.2) is 11.3 Å². The predicted octanol–water partition coefficient (Wildman–Crippen LogP) is 2.14. The first-order valence-corrected chi connectivity index (χ1v) is 8.00. The van der Waals surface area contributed by atoms with Gasteiger partial charge >= 0.3 is 0 Å². The fraction of sp³-hybridized carbons (Fsp3) is 0.267. The van der Waals surface area contributed by atoms with Crippen molar-refractivity contribution in [2.24, 2.45) is 15.2 Å². The van der Waals surface area contributed by atoms with Crippen molar-refractivity contribution in [3.63, 3.8) is 0 Å². The van der Waals surface area contributed by atoms with Crippen LogP contribution in [-0.4, -0.2) is 28.9 Å². The van der Waals surface area contributed by atoms with E-state index in [-0.39, 0.29) is 17.6 Å². The number of nitrogens with zero attached hydrogens (tertiary/aromatic N) is 3. The molecule has 1 aromatic rings. The molecule has 0 bridgehead atoms. The highest BCUT2D eigenvalue weighted by molar-refractivity contribution is 8.14. The van der Waals surface area contributed by atoms with E-state index in [2.05, 4.69) is 25.9 Å². The molecule has 0 radical (unpaired) electrons. The molecule has 7 nitrogen and oxygen atoms in total. The average Bonchev–Trinajstić information content (AvgIpc) is 2.97. The van der Waals surface area contributed by atoms with E-state index in [4.69, 9.17) is 0 Å². The van der Waals surface area contributed by atoms with Crippen LogP contribution in [0, 0.1) is 13.8 Å². The summed E-state index contributed by atoms with van der Waals surface area (Å²) in [5.74, 6) is -0.282. The van der Waals surface area contributed by atoms with Crippen LogP contribution in [0.3, 0.4) is 0 Å². The number of thioether (sulfide) groups is 1. The molecule has 8 heteroatoms. The Morgan fingerprint density at radius 2 is 2.22 bits per heavy atom. The number of carbonyl (C=O) groups excluding carboxylic acids is 2. The van der Waals surface area contributed by atoms with E-state index in [0.717, 1.165) is 28.6 Å². The highest BCUT2D eigenvalue weighted by Crippen LogP contribution is 2.22. The number of aryl methyl sites for hydroxylation is 2. The topological polar surface area (TPSA) is 95.3 Å². The number of anilines is 1. The van der Waals surface area contributed by atoms with E-state index in [1.54, 1.807) is 0 Å². The summed E-state index contributed by atoms with van der Waals surface area (Å²) in [6, 6.07) is 5.83. The monoisotopic (exact) mass is 329 g/mol. The van der Waals surface area contributed by atoms with Gasteiger partial charge in [0, 0.05) is 5.69 Å². The zero-order valence-electron chi connectivity index (χ0n) is 12.7. The highest BCUT2D eigenvalue weighted by atomic mass is 32.2. The van der Waals surface area contributed by atoms with Crippen LogP contribution in [0.5, 0.6) is 0 Å². The van der Waals surface area contributed by atoms with Gasteiger partial charge in [-0.1, -0.05) is 29.5 Å². The van der Waals surface area contributed by atoms with E-state index in [0.29, 0.717) is 10.7 Å². The Balaban J connectivity index is 1.58. The van der Waals surface area contributed by atoms with E-state index in [9.17, 15) is 9.59 Å². The molecular formula is C15H15N5O2S. The molecule has 1 atom stereocenters. The van der Waals surface area contributed by atoms with Gasteiger partial charge in [0.05, 0.1) is 17.5 Å². The molecule has 1 unspecified atom stereocenters. The molecule has 3 rings (SSSR count). The van der Waals surface area contributed by atoms with Gasteiger partial charge in [-0.15, -0.1) is 0 Å². The smallest absolute Gasteiger partial charge is 0.258 e. The lowest BCUT2D eigenvalue weighted by atomic mass is 10.1. The molecule has 0 fully saturated rings. The second kappa shape index (κ2) is 6.33. The maximum atomic E-state index is 12.0. The van der Waals surface area contributed by atoms with Gasteiger partial charge in [-0.3, -0.25) is 9.59 Å². The van der Waals surface area contributed by atoms with Gasteiger partial charge in [0.25, 0.3) is 5.91 Å². The summed E-state index contributed by atoms with van der Waals surface area (Å²) in [4.78, 5) is 28.1. The van der Waals surface area contributed by atoms with Gasteiger partial charge < -0.3 is 10.6 Å². The van der Waals surface area contributed by atoms with Crippen LogP contribution < -0.4 is 10.6 Å². The van der Waals surface area contributed by atoms with Gasteiger partial charge in [-0.25, -0.2) is 4.99 Å². The minimum Gasteiger partial charge on any atom is -0.325 e. The number of rotatable bonds is 3. The molecule has 2 heterocycles. The predicted molar refractivity (Wildman–Crippen MR) is 89.3 cm³/mol. The lowest BCUT2D eigenvalue weighted by Crippen LogP contribution is -2.38. The molecule has 0 saturated carbocycles. The molecule has 118 valence electrons. The van der Waals surface area contributed by atoms with E-state index < -0.39 is 6.17 Å². The molecule has 2 amide bonds. The summed E-state index contributed by atoms with van der Waals surface area (Å²) in [6.07, 6.45) is 0.825. The molecule has 2 N–H and O–H groups in total. The molecule has 2 aliphatic rings. The molecule has 2 aliphatic heterocycles. The minimum atomic E-state index is -0.575. The lowest BCUT2D eigenvalue weighted by molar-refractivity contribution is -0.116. The number of amidine groups is 1. The van der Waals surface area contributed by atoms with Crippen LogP contribution in [0.15, 0.2) is 45.2 Å². The molecule has 1 aromatic carbocycles. The second-order valence-electron chi connectivity index (χ2n) is 5.23. The highest BCUT2D eigenvalue weighted by Gasteiger charge is 2.29. The van der Waals surface area contributed by atoms with Crippen LogP contribution in [0.25, 0.3) is 0 Å². The van der Waals surface area contributed by atoms with Crippen LogP contribution in [0.2, 0.25) is 0 Å². The fourth-order valence-electron chi connectivity index (χ4n) is 2.22. The molecule has 23 heavy (non-hydrogen) atoms. The number of hydrogen-bond acceptors (Lipinski definition) is 6. The third-order valence-corrected chi connectivity index (χ3v) is 4.26. The van der Waals surface area contributed by atoms with Crippen molar-refractivity contribution < 1.29 is 9.59 Å². The lowest BCUT2D eigenvalue weighted by Gasteiger charge is -2.17. The van der Waals surface area contributed by atoms with Crippen LogP contribution in [-0.2, 0) is 9.59 Å². The Kier molecular flexibility index (Phi) is 4.24. The Labute approximate surface area is 137 Å². The summed E-state index contributed by atoms with van der Waals surface area (Å²) in [6.45, 7) is 3.95. The SMILES string of the molecule is Cc1ccc(NC(=O)CSC2=NC3N=NC=C3C(=O)N2)c(C)c1. The number of amides is 2. The molecule has 0 saturated heterocycles. The first-order valence-electron chi connectivity index (χ1n) is 7.02. The number of aliphatic imine (C=N–C) groups is 1. The number of benzene rings is 1. The molecule has 0 aromatic heterocycles. The summed E-state index contributed by atoms with van der Waals surface area (Å²) in [5, 5.41) is 13.4. The van der Waals surface area contributed by atoms with Gasteiger partial charge in [-0.2, -0.15) is 10.2 Å².